The van der Waals surface area contributed by atoms with Gasteiger partial charge in [-0.3, -0.25) is 20.0 Å². The summed E-state index contributed by atoms with van der Waals surface area (Å²) in [6.45, 7) is 3.99. The molecule has 2 aromatic carbocycles. The van der Waals surface area contributed by atoms with Crippen LogP contribution >= 0.6 is 11.6 Å². The lowest BCUT2D eigenvalue weighted by atomic mass is 9.98. The van der Waals surface area contributed by atoms with E-state index in [0.717, 1.165) is 58.4 Å². The van der Waals surface area contributed by atoms with Crippen molar-refractivity contribution in [3.05, 3.63) is 70.8 Å². The van der Waals surface area contributed by atoms with Crippen molar-refractivity contribution in [2.75, 3.05) is 13.2 Å². The molecule has 0 bridgehead atoms. The molecule has 228 valence electrons. The molecule has 4 aromatic rings. The summed E-state index contributed by atoms with van der Waals surface area (Å²) < 4.78 is 12.0. The second-order valence-electron chi connectivity index (χ2n) is 9.44. The van der Waals surface area contributed by atoms with Crippen LogP contribution in [-0.2, 0) is 27.3 Å². The molecule has 14 nitrogen and oxygen atoms in total. The predicted molar refractivity (Wildman–Crippen MR) is 152 cm³/mol. The van der Waals surface area contributed by atoms with Gasteiger partial charge in [0, 0.05) is 24.9 Å². The number of tetrazole rings is 1. The van der Waals surface area contributed by atoms with Gasteiger partial charge >= 0.3 is 6.16 Å². The third-order valence-corrected chi connectivity index (χ3v) is 6.69. The van der Waals surface area contributed by atoms with Crippen molar-refractivity contribution in [2.24, 2.45) is 0 Å². The largest absolute Gasteiger partial charge is 0.510 e. The van der Waals surface area contributed by atoms with E-state index in [0.29, 0.717) is 18.1 Å². The molecule has 0 aliphatic heterocycles. The second-order valence-corrected chi connectivity index (χ2v) is 9.80. The van der Waals surface area contributed by atoms with Gasteiger partial charge in [0.1, 0.15) is 11.5 Å². The van der Waals surface area contributed by atoms with Crippen LogP contribution in [0.2, 0.25) is 5.15 Å². The Morgan fingerprint density at radius 3 is 2.53 bits per heavy atom. The number of benzene rings is 2. The number of nitrogens with zero attached hydrogens (tertiary/aromatic N) is 7. The molecule has 4 rings (SSSR count). The first-order valence-electron chi connectivity index (χ1n) is 13.6. The summed E-state index contributed by atoms with van der Waals surface area (Å²) >= 11 is 6.23. The predicted octanol–water partition coefficient (Wildman–Crippen LogP) is 5.13. The smallest absolute Gasteiger partial charge is 0.434 e. The highest BCUT2D eigenvalue weighted by molar-refractivity contribution is 6.31. The first-order chi connectivity index (χ1) is 20.8. The number of aryl methyl sites for hydroxylation is 1. The quantitative estimate of drug-likeness (QED) is 0.0785. The summed E-state index contributed by atoms with van der Waals surface area (Å²) in [4.78, 5) is 33.6. The molecule has 2 aromatic heterocycles. The Bertz CT molecular complexity index is 1510. The number of unbranched alkanes of at least 4 members (excludes halogenated alkanes) is 1. The Morgan fingerprint density at radius 1 is 1.09 bits per heavy atom. The molecule has 1 unspecified atom stereocenters. The molecular weight excluding hydrogens is 582 g/mol. The van der Waals surface area contributed by atoms with Crippen molar-refractivity contribution >= 4 is 24.0 Å². The maximum atomic E-state index is 12.0. The van der Waals surface area contributed by atoms with Gasteiger partial charge in [0.15, 0.2) is 11.4 Å². The molecule has 0 fully saturated rings. The second kappa shape index (κ2) is 15.3. The fourth-order valence-corrected chi connectivity index (χ4v) is 4.51. The average Bonchev–Trinajstić information content (AvgIpc) is 3.60. The van der Waals surface area contributed by atoms with Gasteiger partial charge in [-0.25, -0.2) is 9.78 Å². The van der Waals surface area contributed by atoms with Crippen molar-refractivity contribution < 1.29 is 34.3 Å². The molecule has 0 saturated heterocycles. The van der Waals surface area contributed by atoms with Crippen molar-refractivity contribution in [3.63, 3.8) is 0 Å². The summed E-state index contributed by atoms with van der Waals surface area (Å²) in [5.74, 6) is 1.12. The summed E-state index contributed by atoms with van der Waals surface area (Å²) in [5, 5.41) is 29.3. The lowest BCUT2D eigenvalue weighted by Gasteiger charge is -2.12. The maximum Gasteiger partial charge on any atom is 0.510 e. The van der Waals surface area contributed by atoms with Crippen molar-refractivity contribution in [1.82, 2.24) is 35.1 Å². The van der Waals surface area contributed by atoms with E-state index in [1.807, 2.05) is 53.1 Å². The minimum absolute atomic E-state index is 0.0596. The minimum Gasteiger partial charge on any atom is -0.434 e. The Morgan fingerprint density at radius 2 is 1.84 bits per heavy atom. The number of hydrogen-bond acceptors (Lipinski definition) is 12. The number of hydrogen-bond donors (Lipinski definition) is 2. The summed E-state index contributed by atoms with van der Waals surface area (Å²) in [6, 6.07) is 15.5. The Kier molecular flexibility index (Phi) is 11.3. The summed E-state index contributed by atoms with van der Waals surface area (Å²) in [7, 11) is 0. The van der Waals surface area contributed by atoms with E-state index in [1.54, 1.807) is 6.92 Å². The lowest BCUT2D eigenvalue weighted by Crippen LogP contribution is -2.19. The van der Waals surface area contributed by atoms with Crippen LogP contribution in [0.1, 0.15) is 61.2 Å². The van der Waals surface area contributed by atoms with Crippen LogP contribution in [0.5, 0.6) is 0 Å². The first-order valence-corrected chi connectivity index (χ1v) is 14.0. The van der Waals surface area contributed by atoms with Crippen LogP contribution in [0.4, 0.5) is 4.79 Å². The molecule has 0 radical (unpaired) electrons. The summed E-state index contributed by atoms with van der Waals surface area (Å²) in [6.07, 6.45) is 1.78. The third kappa shape index (κ3) is 8.43. The first kappa shape index (κ1) is 31.7. The number of halogens is 1. The maximum absolute atomic E-state index is 12.0. The zero-order valence-electron chi connectivity index (χ0n) is 23.7. The standard InChI is InChI=1S/C28H32ClN7O7/c1-3-4-10-25-30-26(29)24(18-37)34(25)17-20-11-13-21(14-12-20)22-8-5-6-9-23(22)27-31-33-35(32-27)19(2)43-28(38)41-15-7-16-42-36(39)40/h5-6,8-9,11-14,18-19,39-40H,3-4,7,10,15-17H2,1-2H3. The van der Waals surface area contributed by atoms with E-state index in [1.165, 1.54) is 0 Å². The molecule has 0 saturated carbocycles. The van der Waals surface area contributed by atoms with Crippen LogP contribution in [0.15, 0.2) is 48.5 Å². The highest BCUT2D eigenvalue weighted by Crippen LogP contribution is 2.30. The highest BCUT2D eigenvalue weighted by Gasteiger charge is 2.19. The Hall–Kier alpha value is -4.21. The van der Waals surface area contributed by atoms with Crippen LogP contribution in [0.3, 0.4) is 0 Å². The fraction of sp³-hybridized carbons (Fsp3) is 0.357. The van der Waals surface area contributed by atoms with E-state index < -0.39 is 17.8 Å². The van der Waals surface area contributed by atoms with Gasteiger partial charge in [0.05, 0.1) is 18.6 Å². The van der Waals surface area contributed by atoms with Crippen LogP contribution in [0, 0.1) is 0 Å². The molecule has 0 spiro atoms. The minimum atomic E-state index is -0.951. The molecule has 0 amide bonds. The molecule has 0 aliphatic carbocycles. The number of carbonyl (C=O) groups is 2. The van der Waals surface area contributed by atoms with E-state index in [2.05, 4.69) is 32.2 Å². The topological polar surface area (TPSA) is 167 Å². The van der Waals surface area contributed by atoms with Gasteiger partial charge in [-0.1, -0.05) is 73.5 Å². The zero-order valence-corrected chi connectivity index (χ0v) is 24.4. The van der Waals surface area contributed by atoms with Crippen molar-refractivity contribution in [3.8, 4) is 22.5 Å². The molecule has 43 heavy (non-hydrogen) atoms. The van der Waals surface area contributed by atoms with Gasteiger partial charge in [-0.2, -0.15) is 0 Å². The van der Waals surface area contributed by atoms with E-state index in [9.17, 15) is 9.59 Å². The Balaban J connectivity index is 1.44. The highest BCUT2D eigenvalue weighted by atomic mass is 35.5. The monoisotopic (exact) mass is 613 g/mol. The van der Waals surface area contributed by atoms with Crippen molar-refractivity contribution in [2.45, 2.75) is 52.3 Å². The van der Waals surface area contributed by atoms with E-state index in [-0.39, 0.29) is 24.8 Å². The van der Waals surface area contributed by atoms with E-state index in [4.69, 9.17) is 31.5 Å². The fourth-order valence-electron chi connectivity index (χ4n) is 4.27. The van der Waals surface area contributed by atoms with Gasteiger partial charge in [-0.05, 0) is 35.2 Å². The SMILES string of the molecule is CCCCc1nc(Cl)c(C=O)n1Cc1ccc(-c2ccccc2-c2nnn(C(C)OC(=O)OCCCON(O)O)n2)cc1. The van der Waals surface area contributed by atoms with E-state index >= 15 is 0 Å². The van der Waals surface area contributed by atoms with Crippen molar-refractivity contribution in [1.29, 1.82) is 0 Å². The number of ether oxygens (including phenoxy) is 2. The normalized spacial score (nSPS) is 12.0. The molecule has 15 heteroatoms. The third-order valence-electron chi connectivity index (χ3n) is 6.42. The number of carbonyl (C=O) groups excluding carboxylic acids is 2. The van der Waals surface area contributed by atoms with Crippen LogP contribution < -0.4 is 0 Å². The number of imidazole rings is 1. The van der Waals surface area contributed by atoms with Crippen LogP contribution in [-0.4, -0.2) is 71.2 Å². The zero-order chi connectivity index (χ0) is 30.8. The molecular formula is C28H32ClN7O7. The van der Waals surface area contributed by atoms with Gasteiger partial charge in [0.2, 0.25) is 12.1 Å². The molecule has 2 N–H and O–H groups in total. The van der Waals surface area contributed by atoms with Crippen LogP contribution in [0.25, 0.3) is 22.5 Å². The molecule has 1 atom stereocenters. The van der Waals surface area contributed by atoms with Gasteiger partial charge in [0.25, 0.3) is 0 Å². The van der Waals surface area contributed by atoms with Gasteiger partial charge < -0.3 is 14.0 Å². The molecule has 0 aliphatic rings. The van der Waals surface area contributed by atoms with Gasteiger partial charge in [-0.15, -0.1) is 15.0 Å². The average molecular weight is 614 g/mol. The number of aldehydes is 1. The molecule has 2 heterocycles. The lowest BCUT2D eigenvalue weighted by molar-refractivity contribution is -0.492. The number of rotatable bonds is 15. The number of aromatic nitrogens is 6. The summed E-state index contributed by atoms with van der Waals surface area (Å²) in [5.41, 5.74) is 3.87. The Labute approximate surface area is 252 Å².